The van der Waals surface area contributed by atoms with E-state index in [2.05, 4.69) is 30.2 Å². The average Bonchev–Trinajstić information content (AvgIpc) is 2.83. The maximum atomic E-state index is 12.6. The van der Waals surface area contributed by atoms with Gasteiger partial charge in [0.1, 0.15) is 12.5 Å². The zero-order valence-corrected chi connectivity index (χ0v) is 19.0. The molecule has 0 bridgehead atoms. The number of nitrogens with one attached hydrogen (secondary N) is 2. The van der Waals surface area contributed by atoms with Gasteiger partial charge in [-0.05, 0) is 36.8 Å². The number of hydrogen-bond acceptors (Lipinski definition) is 9. The van der Waals surface area contributed by atoms with Crippen LogP contribution in [0, 0.1) is 0 Å². The van der Waals surface area contributed by atoms with Gasteiger partial charge >= 0.3 is 18.2 Å². The summed E-state index contributed by atoms with van der Waals surface area (Å²) in [5.74, 6) is 0.143. The molecular weight excluding hydrogens is 440 g/mol. The van der Waals surface area contributed by atoms with Gasteiger partial charge in [-0.2, -0.15) is 0 Å². The summed E-state index contributed by atoms with van der Waals surface area (Å²) in [5, 5.41) is 5.87. The Bertz CT molecular complexity index is 1110. The summed E-state index contributed by atoms with van der Waals surface area (Å²) in [6, 6.07) is 7.22. The Kier molecular flexibility index (Phi) is 7.02. The van der Waals surface area contributed by atoms with Gasteiger partial charge in [-0.3, -0.25) is 20.0 Å². The Morgan fingerprint density at radius 2 is 1.97 bits per heavy atom. The Labute approximate surface area is 196 Å². The molecule has 1 fully saturated rings. The predicted octanol–water partition coefficient (Wildman–Crippen LogP) is 2.61. The van der Waals surface area contributed by atoms with Crippen LogP contribution in [0.5, 0.6) is 0 Å². The molecule has 11 heteroatoms. The number of anilines is 3. The number of carbonyl (C=O) groups excluding carboxylic acids is 3. The topological polar surface area (TPSA) is 125 Å². The number of aliphatic imine (C=N–C) groups is 1. The first kappa shape index (κ1) is 23.2. The average molecular weight is 466 g/mol. The molecule has 3 heterocycles. The van der Waals surface area contributed by atoms with Crippen LogP contribution in [0.3, 0.4) is 0 Å². The molecule has 0 atom stereocenters. The van der Waals surface area contributed by atoms with Crippen molar-refractivity contribution >= 4 is 41.6 Å². The van der Waals surface area contributed by atoms with Gasteiger partial charge in [-0.25, -0.2) is 14.6 Å². The fourth-order valence-electron chi connectivity index (χ4n) is 3.86. The monoisotopic (exact) mass is 466 g/mol. The van der Waals surface area contributed by atoms with Crippen LogP contribution in [0.25, 0.3) is 11.1 Å². The number of rotatable bonds is 4. The molecule has 1 aromatic heterocycles. The molecule has 0 radical (unpaired) electrons. The van der Waals surface area contributed by atoms with E-state index in [1.807, 2.05) is 12.1 Å². The number of esters is 1. The lowest BCUT2D eigenvalue weighted by molar-refractivity contribution is -0.134. The quantitative estimate of drug-likeness (QED) is 0.520. The van der Waals surface area contributed by atoms with Crippen molar-refractivity contribution in [1.29, 1.82) is 0 Å². The first-order valence-corrected chi connectivity index (χ1v) is 11.0. The van der Waals surface area contributed by atoms with Crippen molar-refractivity contribution < 1.29 is 23.9 Å². The number of ether oxygens (including phenoxy) is 2. The molecule has 34 heavy (non-hydrogen) atoms. The van der Waals surface area contributed by atoms with Crippen molar-refractivity contribution in [2.45, 2.75) is 13.8 Å². The molecule has 0 unspecified atom stereocenters. The highest BCUT2D eigenvalue weighted by atomic mass is 16.6. The molecule has 2 amide bonds. The number of benzene rings is 1. The standard InChI is InChI=1S/C23H26N6O5/c1-3-33-23(32)29-14-25-13-19-18(10-17(11-20(19)29)27-22(31)34-15(2)30)16-4-5-21(26-12-16)28-8-6-24-7-9-28/h4-5,10-13,24H,3,6-9,14H2,1-2H3,(H,27,31). The largest absolute Gasteiger partial charge is 0.449 e. The van der Waals surface area contributed by atoms with Crippen molar-refractivity contribution in [1.82, 2.24) is 10.3 Å². The van der Waals surface area contributed by atoms with Crippen LogP contribution >= 0.6 is 0 Å². The summed E-state index contributed by atoms with van der Waals surface area (Å²) < 4.78 is 9.77. The normalized spacial score (nSPS) is 14.9. The van der Waals surface area contributed by atoms with Crippen molar-refractivity contribution in [2.24, 2.45) is 4.99 Å². The van der Waals surface area contributed by atoms with Crippen molar-refractivity contribution in [3.05, 3.63) is 36.0 Å². The summed E-state index contributed by atoms with van der Waals surface area (Å²) in [5.41, 5.74) is 3.01. The van der Waals surface area contributed by atoms with Crippen LogP contribution in [0.4, 0.5) is 26.8 Å². The highest BCUT2D eigenvalue weighted by molar-refractivity contribution is 6.06. The Morgan fingerprint density at radius 3 is 2.65 bits per heavy atom. The fourth-order valence-corrected chi connectivity index (χ4v) is 3.86. The second-order valence-electron chi connectivity index (χ2n) is 7.68. The lowest BCUT2D eigenvalue weighted by atomic mass is 9.97. The molecule has 0 saturated carbocycles. The summed E-state index contributed by atoms with van der Waals surface area (Å²) in [6.07, 6.45) is 1.96. The molecule has 0 spiro atoms. The van der Waals surface area contributed by atoms with Crippen LogP contribution in [0.2, 0.25) is 0 Å². The summed E-state index contributed by atoms with van der Waals surface area (Å²) in [4.78, 5) is 48.3. The molecule has 1 saturated heterocycles. The number of nitrogens with zero attached hydrogens (tertiary/aromatic N) is 4. The summed E-state index contributed by atoms with van der Waals surface area (Å²) >= 11 is 0. The number of hydrogen-bond donors (Lipinski definition) is 2. The number of piperazine rings is 1. The van der Waals surface area contributed by atoms with E-state index in [9.17, 15) is 14.4 Å². The van der Waals surface area contributed by atoms with E-state index in [4.69, 9.17) is 4.74 Å². The molecule has 4 rings (SSSR count). The van der Waals surface area contributed by atoms with Gasteiger partial charge in [0.05, 0.1) is 12.3 Å². The molecule has 11 nitrogen and oxygen atoms in total. The number of carbonyl (C=O) groups is 3. The molecule has 178 valence electrons. The number of pyridine rings is 1. The van der Waals surface area contributed by atoms with E-state index in [1.165, 1.54) is 4.90 Å². The molecular formula is C23H26N6O5. The van der Waals surface area contributed by atoms with Crippen LogP contribution in [-0.4, -0.2) is 68.8 Å². The minimum Gasteiger partial charge on any atom is -0.449 e. The van der Waals surface area contributed by atoms with E-state index in [1.54, 1.807) is 31.5 Å². The Balaban J connectivity index is 1.73. The second-order valence-corrected chi connectivity index (χ2v) is 7.68. The highest BCUT2D eigenvalue weighted by Gasteiger charge is 2.26. The van der Waals surface area contributed by atoms with Gasteiger partial charge in [0, 0.05) is 62.3 Å². The molecule has 2 N–H and O–H groups in total. The van der Waals surface area contributed by atoms with E-state index in [0.717, 1.165) is 44.5 Å². The van der Waals surface area contributed by atoms with Gasteiger partial charge in [-0.15, -0.1) is 0 Å². The molecule has 2 aliphatic rings. The molecule has 0 aliphatic carbocycles. The van der Waals surface area contributed by atoms with E-state index in [-0.39, 0.29) is 13.3 Å². The maximum Gasteiger partial charge on any atom is 0.419 e. The highest BCUT2D eigenvalue weighted by Crippen LogP contribution is 2.36. The SMILES string of the molecule is CCOC(=O)N1CN=Cc2c(-c3ccc(N4CCNCC4)nc3)cc(NC(=O)OC(C)=O)cc21. The number of aromatic nitrogens is 1. The maximum absolute atomic E-state index is 12.6. The lowest BCUT2D eigenvalue weighted by Gasteiger charge is -2.29. The lowest BCUT2D eigenvalue weighted by Crippen LogP contribution is -2.43. The minimum absolute atomic E-state index is 0.0762. The van der Waals surface area contributed by atoms with E-state index in [0.29, 0.717) is 22.5 Å². The molecule has 2 aliphatic heterocycles. The van der Waals surface area contributed by atoms with Crippen LogP contribution in [0.1, 0.15) is 19.4 Å². The van der Waals surface area contributed by atoms with Crippen molar-refractivity contribution in [3.8, 4) is 11.1 Å². The van der Waals surface area contributed by atoms with Crippen LogP contribution in [0.15, 0.2) is 35.5 Å². The minimum atomic E-state index is -0.919. The zero-order valence-electron chi connectivity index (χ0n) is 19.0. The number of fused-ring (bicyclic) bond motifs is 1. The number of amides is 2. The van der Waals surface area contributed by atoms with Crippen molar-refractivity contribution in [3.63, 3.8) is 0 Å². The van der Waals surface area contributed by atoms with E-state index >= 15 is 0 Å². The first-order chi connectivity index (χ1) is 16.5. The third-order valence-electron chi connectivity index (χ3n) is 5.36. The Morgan fingerprint density at radius 1 is 1.18 bits per heavy atom. The molecule has 1 aromatic carbocycles. The smallest absolute Gasteiger partial charge is 0.419 e. The van der Waals surface area contributed by atoms with Gasteiger partial charge in [-0.1, -0.05) is 0 Å². The summed E-state index contributed by atoms with van der Waals surface area (Å²) in [6.45, 7) is 6.71. The van der Waals surface area contributed by atoms with Crippen LogP contribution < -0.4 is 20.4 Å². The van der Waals surface area contributed by atoms with Crippen molar-refractivity contribution in [2.75, 3.05) is 54.6 Å². The predicted molar refractivity (Wildman–Crippen MR) is 128 cm³/mol. The third kappa shape index (κ3) is 5.15. The van der Waals surface area contributed by atoms with Crippen LogP contribution in [-0.2, 0) is 14.3 Å². The Hall–Kier alpha value is -3.99. The van der Waals surface area contributed by atoms with Gasteiger partial charge in [0.15, 0.2) is 0 Å². The fraction of sp³-hybridized carbons (Fsp3) is 0.348. The summed E-state index contributed by atoms with van der Waals surface area (Å²) in [7, 11) is 0. The first-order valence-electron chi connectivity index (χ1n) is 11.0. The second kappa shape index (κ2) is 10.3. The molecule has 2 aromatic rings. The third-order valence-corrected chi connectivity index (χ3v) is 5.36. The van der Waals surface area contributed by atoms with Gasteiger partial charge < -0.3 is 19.7 Å². The van der Waals surface area contributed by atoms with Gasteiger partial charge in [0.25, 0.3) is 0 Å². The van der Waals surface area contributed by atoms with E-state index < -0.39 is 18.2 Å². The zero-order chi connectivity index (χ0) is 24.1. The van der Waals surface area contributed by atoms with Gasteiger partial charge in [0.2, 0.25) is 0 Å².